The number of ether oxygens (including phenoxy) is 1. The summed E-state index contributed by atoms with van der Waals surface area (Å²) in [6.07, 6.45) is 3.83. The van der Waals surface area contributed by atoms with Gasteiger partial charge in [0, 0.05) is 24.3 Å². The van der Waals surface area contributed by atoms with E-state index in [0.717, 1.165) is 43.5 Å². The summed E-state index contributed by atoms with van der Waals surface area (Å²) in [6, 6.07) is 15.4. The molecule has 0 aliphatic carbocycles. The van der Waals surface area contributed by atoms with E-state index in [1.807, 2.05) is 41.3 Å². The van der Waals surface area contributed by atoms with Crippen LogP contribution >= 0.6 is 0 Å². The normalized spacial score (nSPS) is 18.0. The van der Waals surface area contributed by atoms with Crippen LogP contribution in [0.5, 0.6) is 5.75 Å². The lowest BCUT2D eigenvalue weighted by molar-refractivity contribution is -0.138. The number of carbonyl (C=O) groups excluding carboxylic acids is 1. The first-order chi connectivity index (χ1) is 14.8. The van der Waals surface area contributed by atoms with Gasteiger partial charge in [-0.15, -0.1) is 0 Å². The molecule has 7 heteroatoms. The smallest absolute Gasteiger partial charge is 0.261 e. The third kappa shape index (κ3) is 3.75. The number of anilines is 1. The van der Waals surface area contributed by atoms with Crippen LogP contribution in [0, 0.1) is 0 Å². The number of carbonyl (C=O) groups is 1. The lowest BCUT2D eigenvalue weighted by Gasteiger charge is -2.33. The monoisotopic (exact) mass is 404 g/mol. The van der Waals surface area contributed by atoms with Gasteiger partial charge in [0.1, 0.15) is 11.8 Å². The van der Waals surface area contributed by atoms with Gasteiger partial charge in [-0.1, -0.05) is 35.5 Å². The van der Waals surface area contributed by atoms with Crippen molar-refractivity contribution in [1.29, 1.82) is 0 Å². The highest BCUT2D eigenvalue weighted by Crippen LogP contribution is 2.32. The second-order valence-corrected chi connectivity index (χ2v) is 7.71. The Morgan fingerprint density at radius 3 is 3.00 bits per heavy atom. The molecule has 3 heterocycles. The Kier molecular flexibility index (Phi) is 5.09. The van der Waals surface area contributed by atoms with E-state index in [1.165, 1.54) is 5.56 Å². The van der Waals surface area contributed by atoms with E-state index in [0.29, 0.717) is 24.0 Å². The fourth-order valence-corrected chi connectivity index (χ4v) is 4.15. The molecule has 2 aliphatic rings. The maximum atomic E-state index is 12.9. The molecule has 0 unspecified atom stereocenters. The molecule has 154 valence electrons. The van der Waals surface area contributed by atoms with Crippen molar-refractivity contribution in [2.75, 3.05) is 25.0 Å². The zero-order chi connectivity index (χ0) is 20.3. The molecule has 1 saturated heterocycles. The number of fused-ring (bicyclic) bond motifs is 1. The number of rotatable bonds is 5. The van der Waals surface area contributed by atoms with E-state index in [9.17, 15) is 4.79 Å². The summed E-state index contributed by atoms with van der Waals surface area (Å²) in [5, 5.41) is 7.57. The van der Waals surface area contributed by atoms with E-state index in [4.69, 9.17) is 9.26 Å². The minimum Gasteiger partial charge on any atom is -0.484 e. The SMILES string of the molecule is O=C(COc1ccccc1)N1CCCC[C@@H]1c1nc(-c2ccc3c(c2)NCC3)no1. The van der Waals surface area contributed by atoms with Gasteiger partial charge in [0.15, 0.2) is 6.61 Å². The van der Waals surface area contributed by atoms with Crippen molar-refractivity contribution in [3.63, 3.8) is 0 Å². The van der Waals surface area contributed by atoms with Gasteiger partial charge < -0.3 is 19.5 Å². The van der Waals surface area contributed by atoms with Crippen LogP contribution in [0.4, 0.5) is 5.69 Å². The Balaban J connectivity index is 1.31. The fraction of sp³-hybridized carbons (Fsp3) is 0.348. The molecule has 3 aromatic rings. The van der Waals surface area contributed by atoms with Gasteiger partial charge in [-0.2, -0.15) is 4.98 Å². The number of benzene rings is 2. The molecule has 7 nitrogen and oxygen atoms in total. The van der Waals surface area contributed by atoms with E-state index in [1.54, 1.807) is 0 Å². The third-order valence-electron chi connectivity index (χ3n) is 5.73. The molecule has 30 heavy (non-hydrogen) atoms. The van der Waals surface area contributed by atoms with Gasteiger partial charge in [-0.3, -0.25) is 4.79 Å². The van der Waals surface area contributed by atoms with E-state index < -0.39 is 0 Å². The minimum absolute atomic E-state index is 0.00198. The molecule has 0 saturated carbocycles. The molecule has 1 amide bonds. The van der Waals surface area contributed by atoms with Gasteiger partial charge in [-0.05, 0) is 49.4 Å². The van der Waals surface area contributed by atoms with E-state index >= 15 is 0 Å². The van der Waals surface area contributed by atoms with Gasteiger partial charge in [0.2, 0.25) is 11.7 Å². The molecule has 2 aliphatic heterocycles. The van der Waals surface area contributed by atoms with Crippen molar-refractivity contribution in [3.05, 3.63) is 60.0 Å². The summed E-state index contributed by atoms with van der Waals surface area (Å²) in [4.78, 5) is 19.3. The Morgan fingerprint density at radius 2 is 2.10 bits per heavy atom. The number of aromatic nitrogens is 2. The van der Waals surface area contributed by atoms with Gasteiger partial charge in [-0.25, -0.2) is 0 Å². The number of likely N-dealkylation sites (tertiary alicyclic amines) is 1. The first kappa shape index (κ1) is 18.7. The number of piperidine rings is 1. The molecular weight excluding hydrogens is 380 g/mol. The molecule has 1 fully saturated rings. The maximum Gasteiger partial charge on any atom is 0.261 e. The molecule has 0 radical (unpaired) electrons. The second kappa shape index (κ2) is 8.18. The van der Waals surface area contributed by atoms with Crippen LogP contribution in [0.25, 0.3) is 11.4 Å². The van der Waals surface area contributed by atoms with Gasteiger partial charge >= 0.3 is 0 Å². The van der Waals surface area contributed by atoms with Crippen molar-refractivity contribution >= 4 is 11.6 Å². The van der Waals surface area contributed by atoms with Crippen LogP contribution < -0.4 is 10.1 Å². The molecule has 1 atom stereocenters. The fourth-order valence-electron chi connectivity index (χ4n) is 4.15. The average Bonchev–Trinajstić information content (AvgIpc) is 3.47. The van der Waals surface area contributed by atoms with Crippen molar-refractivity contribution in [3.8, 4) is 17.1 Å². The van der Waals surface area contributed by atoms with Crippen molar-refractivity contribution in [1.82, 2.24) is 15.0 Å². The highest BCUT2D eigenvalue weighted by Gasteiger charge is 2.32. The summed E-state index contributed by atoms with van der Waals surface area (Å²) in [6.45, 7) is 1.63. The number of hydrogen-bond acceptors (Lipinski definition) is 6. The van der Waals surface area contributed by atoms with Gasteiger partial charge in [0.05, 0.1) is 0 Å². The summed E-state index contributed by atoms with van der Waals surface area (Å²) in [5.74, 6) is 1.67. The van der Waals surface area contributed by atoms with Crippen LogP contribution in [-0.2, 0) is 11.2 Å². The molecule has 0 bridgehead atoms. The van der Waals surface area contributed by atoms with Crippen LogP contribution in [0.15, 0.2) is 53.1 Å². The van der Waals surface area contributed by atoms with Crippen LogP contribution in [-0.4, -0.2) is 40.6 Å². The molecular formula is C23H24N4O3. The number of para-hydroxylation sites is 1. The second-order valence-electron chi connectivity index (χ2n) is 7.71. The van der Waals surface area contributed by atoms with Crippen LogP contribution in [0.3, 0.4) is 0 Å². The number of amides is 1. The summed E-state index contributed by atoms with van der Waals surface area (Å²) in [5.41, 5.74) is 3.36. The topological polar surface area (TPSA) is 80.5 Å². The van der Waals surface area contributed by atoms with Gasteiger partial charge in [0.25, 0.3) is 5.91 Å². The largest absolute Gasteiger partial charge is 0.484 e. The molecule has 1 N–H and O–H groups in total. The van der Waals surface area contributed by atoms with Crippen molar-refractivity contribution in [2.24, 2.45) is 0 Å². The first-order valence-electron chi connectivity index (χ1n) is 10.5. The number of hydrogen-bond donors (Lipinski definition) is 1. The Morgan fingerprint density at radius 1 is 1.20 bits per heavy atom. The molecule has 0 spiro atoms. The Bertz CT molecular complexity index is 1030. The molecule has 5 rings (SSSR count). The van der Waals surface area contributed by atoms with Crippen LogP contribution in [0.2, 0.25) is 0 Å². The average molecular weight is 404 g/mol. The summed E-state index contributed by atoms with van der Waals surface area (Å²) >= 11 is 0. The van der Waals surface area contributed by atoms with E-state index in [-0.39, 0.29) is 18.6 Å². The lowest BCUT2D eigenvalue weighted by atomic mass is 10.0. The van der Waals surface area contributed by atoms with Crippen molar-refractivity contribution < 1.29 is 14.1 Å². The van der Waals surface area contributed by atoms with E-state index in [2.05, 4.69) is 27.6 Å². The Hall–Kier alpha value is -3.35. The molecule has 2 aromatic carbocycles. The number of nitrogens with zero attached hydrogens (tertiary/aromatic N) is 3. The summed E-state index contributed by atoms with van der Waals surface area (Å²) < 4.78 is 11.3. The predicted octanol–water partition coefficient (Wildman–Crippen LogP) is 3.84. The van der Waals surface area contributed by atoms with Crippen LogP contribution in [0.1, 0.15) is 36.8 Å². The standard InChI is InChI=1S/C23H24N4O3/c28-21(15-29-18-6-2-1-3-7-18)27-13-5-4-8-20(27)23-25-22(26-30-23)17-10-9-16-11-12-24-19(16)14-17/h1-3,6-7,9-10,14,20,24H,4-5,8,11-13,15H2/t20-/m1/s1. The third-order valence-corrected chi connectivity index (χ3v) is 5.73. The molecule has 1 aromatic heterocycles. The lowest BCUT2D eigenvalue weighted by Crippen LogP contribution is -2.41. The highest BCUT2D eigenvalue weighted by atomic mass is 16.5. The summed E-state index contributed by atoms with van der Waals surface area (Å²) in [7, 11) is 0. The first-order valence-corrected chi connectivity index (χ1v) is 10.5. The van der Waals surface area contributed by atoms with Crippen molar-refractivity contribution in [2.45, 2.75) is 31.7 Å². The number of nitrogens with one attached hydrogen (secondary N) is 1. The Labute approximate surface area is 175 Å². The minimum atomic E-state index is -0.209. The highest BCUT2D eigenvalue weighted by molar-refractivity contribution is 5.78. The maximum absolute atomic E-state index is 12.9. The quantitative estimate of drug-likeness (QED) is 0.696. The zero-order valence-electron chi connectivity index (χ0n) is 16.7. The zero-order valence-corrected chi connectivity index (χ0v) is 16.7. The predicted molar refractivity (Wildman–Crippen MR) is 112 cm³/mol.